The van der Waals surface area contributed by atoms with E-state index < -0.39 is 0 Å². The maximum absolute atomic E-state index is 11.8. The number of thiophene rings is 1. The second kappa shape index (κ2) is 4.78. The first-order valence-corrected chi connectivity index (χ1v) is 6.77. The molecule has 1 saturated carbocycles. The summed E-state index contributed by atoms with van der Waals surface area (Å²) < 4.78 is 0. The van der Waals surface area contributed by atoms with Gasteiger partial charge in [0.1, 0.15) is 5.82 Å². The van der Waals surface area contributed by atoms with Crippen LogP contribution >= 0.6 is 11.3 Å². The van der Waals surface area contributed by atoms with Crippen molar-refractivity contribution in [2.45, 2.75) is 18.9 Å². The highest BCUT2D eigenvalue weighted by molar-refractivity contribution is 7.12. The molecule has 1 fully saturated rings. The summed E-state index contributed by atoms with van der Waals surface area (Å²) in [5.41, 5.74) is 1.01. The molecule has 2 N–H and O–H groups in total. The molecule has 0 aromatic carbocycles. The van der Waals surface area contributed by atoms with Gasteiger partial charge in [-0.25, -0.2) is 4.98 Å². The molecule has 1 aliphatic carbocycles. The molecule has 0 unspecified atom stereocenters. The maximum atomic E-state index is 11.8. The number of rotatable bonds is 4. The molecule has 0 bridgehead atoms. The van der Waals surface area contributed by atoms with Gasteiger partial charge in [-0.2, -0.15) is 0 Å². The van der Waals surface area contributed by atoms with E-state index in [1.165, 1.54) is 24.2 Å². The fraction of sp³-hybridized carbons (Fsp3) is 0.231. The smallest absolute Gasteiger partial charge is 0.266 e. The van der Waals surface area contributed by atoms with Gasteiger partial charge >= 0.3 is 0 Å². The molecule has 2 heterocycles. The molecule has 1 aliphatic rings. The van der Waals surface area contributed by atoms with Crippen molar-refractivity contribution in [1.82, 2.24) is 4.98 Å². The molecular formula is C13H13N3OS. The highest BCUT2D eigenvalue weighted by Crippen LogP contribution is 2.24. The van der Waals surface area contributed by atoms with E-state index in [9.17, 15) is 4.79 Å². The Morgan fingerprint density at radius 3 is 2.83 bits per heavy atom. The lowest BCUT2D eigenvalue weighted by Crippen LogP contribution is -2.11. The average Bonchev–Trinajstić information content (AvgIpc) is 3.02. The molecule has 18 heavy (non-hydrogen) atoms. The molecule has 0 radical (unpaired) electrons. The summed E-state index contributed by atoms with van der Waals surface area (Å²) >= 11 is 1.42. The van der Waals surface area contributed by atoms with Gasteiger partial charge in [0.15, 0.2) is 0 Å². The SMILES string of the molecule is O=C(Nc1ccc(NC2CC2)cn1)c1cccs1. The van der Waals surface area contributed by atoms with Gasteiger partial charge in [-0.3, -0.25) is 4.79 Å². The van der Waals surface area contributed by atoms with Crippen LogP contribution < -0.4 is 10.6 Å². The third-order valence-corrected chi connectivity index (χ3v) is 3.57. The van der Waals surface area contributed by atoms with Crippen LogP contribution in [0.4, 0.5) is 11.5 Å². The minimum atomic E-state index is -0.111. The first-order valence-electron chi connectivity index (χ1n) is 5.89. The number of aromatic nitrogens is 1. The lowest BCUT2D eigenvalue weighted by atomic mass is 10.3. The van der Waals surface area contributed by atoms with Crippen molar-refractivity contribution in [3.8, 4) is 0 Å². The van der Waals surface area contributed by atoms with E-state index in [0.717, 1.165) is 5.69 Å². The standard InChI is InChI=1S/C13H13N3OS/c17-13(11-2-1-7-18-11)16-12-6-5-10(8-14-12)15-9-3-4-9/h1-2,5-9,15H,3-4H2,(H,14,16,17). The van der Waals surface area contributed by atoms with Crippen molar-refractivity contribution in [2.24, 2.45) is 0 Å². The molecule has 0 atom stereocenters. The Hall–Kier alpha value is -1.88. The van der Waals surface area contributed by atoms with Crippen LogP contribution in [0.25, 0.3) is 0 Å². The van der Waals surface area contributed by atoms with Crippen LogP contribution in [0, 0.1) is 0 Å². The van der Waals surface area contributed by atoms with Crippen LogP contribution in [-0.4, -0.2) is 16.9 Å². The summed E-state index contributed by atoms with van der Waals surface area (Å²) in [4.78, 5) is 16.7. The van der Waals surface area contributed by atoms with Crippen molar-refractivity contribution in [1.29, 1.82) is 0 Å². The van der Waals surface area contributed by atoms with Gasteiger partial charge in [-0.1, -0.05) is 6.07 Å². The maximum Gasteiger partial charge on any atom is 0.266 e. The molecule has 3 rings (SSSR count). The van der Waals surface area contributed by atoms with E-state index in [-0.39, 0.29) is 5.91 Å². The fourth-order valence-corrected chi connectivity index (χ4v) is 2.22. The largest absolute Gasteiger partial charge is 0.381 e. The molecule has 0 saturated heterocycles. The molecule has 2 aromatic heterocycles. The fourth-order valence-electron chi connectivity index (χ4n) is 1.60. The zero-order valence-electron chi connectivity index (χ0n) is 9.72. The summed E-state index contributed by atoms with van der Waals surface area (Å²) in [6.45, 7) is 0. The van der Waals surface area contributed by atoms with Crippen molar-refractivity contribution in [2.75, 3.05) is 10.6 Å². The molecule has 2 aromatic rings. The minimum absolute atomic E-state index is 0.111. The number of amides is 1. The molecule has 4 nitrogen and oxygen atoms in total. The predicted molar refractivity (Wildman–Crippen MR) is 73.2 cm³/mol. The van der Waals surface area contributed by atoms with E-state index in [1.807, 2.05) is 23.6 Å². The minimum Gasteiger partial charge on any atom is -0.381 e. The first kappa shape index (κ1) is 11.2. The zero-order valence-corrected chi connectivity index (χ0v) is 10.5. The van der Waals surface area contributed by atoms with Crippen LogP contribution in [0.2, 0.25) is 0 Å². The van der Waals surface area contributed by atoms with E-state index in [4.69, 9.17) is 0 Å². The summed E-state index contributed by atoms with van der Waals surface area (Å²) in [6, 6.07) is 8.02. The summed E-state index contributed by atoms with van der Waals surface area (Å²) in [5, 5.41) is 8.00. The van der Waals surface area contributed by atoms with Crippen LogP contribution in [0.5, 0.6) is 0 Å². The number of nitrogens with zero attached hydrogens (tertiary/aromatic N) is 1. The van der Waals surface area contributed by atoms with Gasteiger partial charge in [0.2, 0.25) is 0 Å². The Bertz CT molecular complexity index is 532. The second-order valence-corrected chi connectivity index (χ2v) is 5.23. The predicted octanol–water partition coefficient (Wildman–Crippen LogP) is 2.97. The van der Waals surface area contributed by atoms with E-state index in [1.54, 1.807) is 12.3 Å². The topological polar surface area (TPSA) is 54.0 Å². The van der Waals surface area contributed by atoms with Crippen LogP contribution in [0.3, 0.4) is 0 Å². The highest BCUT2D eigenvalue weighted by atomic mass is 32.1. The third kappa shape index (κ3) is 2.68. The summed E-state index contributed by atoms with van der Waals surface area (Å²) in [6.07, 6.45) is 4.22. The second-order valence-electron chi connectivity index (χ2n) is 4.28. The highest BCUT2D eigenvalue weighted by Gasteiger charge is 2.20. The van der Waals surface area contributed by atoms with Crippen LogP contribution in [0.15, 0.2) is 35.8 Å². The third-order valence-electron chi connectivity index (χ3n) is 2.70. The average molecular weight is 259 g/mol. The van der Waals surface area contributed by atoms with E-state index >= 15 is 0 Å². The van der Waals surface area contributed by atoms with Gasteiger partial charge in [-0.05, 0) is 36.4 Å². The summed E-state index contributed by atoms with van der Waals surface area (Å²) in [7, 11) is 0. The quantitative estimate of drug-likeness (QED) is 0.887. The molecular weight excluding hydrogens is 246 g/mol. The first-order chi connectivity index (χ1) is 8.81. The number of carbonyl (C=O) groups is 1. The number of nitrogens with one attached hydrogen (secondary N) is 2. The molecule has 92 valence electrons. The number of pyridine rings is 1. The number of hydrogen-bond donors (Lipinski definition) is 2. The van der Waals surface area contributed by atoms with Crippen LogP contribution in [-0.2, 0) is 0 Å². The van der Waals surface area contributed by atoms with Crippen molar-refractivity contribution < 1.29 is 4.79 Å². The Morgan fingerprint density at radius 2 is 2.22 bits per heavy atom. The number of hydrogen-bond acceptors (Lipinski definition) is 4. The Kier molecular flexibility index (Phi) is 2.98. The summed E-state index contributed by atoms with van der Waals surface area (Å²) in [5.74, 6) is 0.468. The Balaban J connectivity index is 1.63. The monoisotopic (exact) mass is 259 g/mol. The van der Waals surface area contributed by atoms with Gasteiger partial charge in [0.25, 0.3) is 5.91 Å². The zero-order chi connectivity index (χ0) is 12.4. The lowest BCUT2D eigenvalue weighted by molar-refractivity contribution is 0.103. The van der Waals surface area contributed by atoms with E-state index in [0.29, 0.717) is 16.7 Å². The Labute approximate surface area is 109 Å². The van der Waals surface area contributed by atoms with Gasteiger partial charge < -0.3 is 10.6 Å². The molecule has 0 aliphatic heterocycles. The van der Waals surface area contributed by atoms with Gasteiger partial charge in [0.05, 0.1) is 16.8 Å². The van der Waals surface area contributed by atoms with E-state index in [2.05, 4.69) is 15.6 Å². The van der Waals surface area contributed by atoms with Crippen LogP contribution in [0.1, 0.15) is 22.5 Å². The van der Waals surface area contributed by atoms with Gasteiger partial charge in [-0.15, -0.1) is 11.3 Å². The van der Waals surface area contributed by atoms with Gasteiger partial charge in [0, 0.05) is 6.04 Å². The van der Waals surface area contributed by atoms with Crippen molar-refractivity contribution in [3.63, 3.8) is 0 Å². The molecule has 1 amide bonds. The lowest BCUT2D eigenvalue weighted by Gasteiger charge is -2.06. The molecule has 5 heteroatoms. The molecule has 0 spiro atoms. The van der Waals surface area contributed by atoms with Crippen molar-refractivity contribution >= 4 is 28.7 Å². The number of carbonyl (C=O) groups excluding carboxylic acids is 1. The normalized spacial score (nSPS) is 14.2. The van der Waals surface area contributed by atoms with Crippen molar-refractivity contribution in [3.05, 3.63) is 40.7 Å². The Morgan fingerprint density at radius 1 is 1.33 bits per heavy atom. The number of anilines is 2.